The van der Waals surface area contributed by atoms with Crippen LogP contribution in [0.2, 0.25) is 0 Å². The molecule has 1 amide bonds. The van der Waals surface area contributed by atoms with Gasteiger partial charge in [0.1, 0.15) is 10.3 Å². The summed E-state index contributed by atoms with van der Waals surface area (Å²) in [6.07, 6.45) is 5.17. The predicted molar refractivity (Wildman–Crippen MR) is 123 cm³/mol. The van der Waals surface area contributed by atoms with E-state index in [1.165, 1.54) is 18.4 Å². The third kappa shape index (κ3) is 3.90. The molecule has 0 aliphatic heterocycles. The third-order valence-corrected chi connectivity index (χ3v) is 6.38. The molecule has 8 heteroatoms. The van der Waals surface area contributed by atoms with E-state index in [0.29, 0.717) is 28.3 Å². The largest absolute Gasteiger partial charge is 0.494 e. The fourth-order valence-electron chi connectivity index (χ4n) is 3.59. The van der Waals surface area contributed by atoms with Gasteiger partial charge in [-0.3, -0.25) is 19.6 Å². The van der Waals surface area contributed by atoms with Gasteiger partial charge in [-0.05, 0) is 19.4 Å². The molecule has 0 saturated carbocycles. The Labute approximate surface area is 183 Å². The number of nitrogens with zero attached hydrogens (tertiary/aromatic N) is 3. The van der Waals surface area contributed by atoms with E-state index in [1.807, 2.05) is 31.2 Å². The number of aromatic nitrogens is 3. The standard InChI is InChI=1S/C23H24N4O3S/c1-4-5-10-27-17-9-7-6-8-16(17)20-18(23(27)29)19(30-3)21(31-20)22(28)26-13-15-12-24-14(2)11-25-15/h6-9,11-12H,4-5,10,13H2,1-3H3,(H,26,28). The maximum atomic E-state index is 13.4. The molecule has 0 aliphatic carbocycles. The molecule has 1 aromatic carbocycles. The highest BCUT2D eigenvalue weighted by Crippen LogP contribution is 2.39. The summed E-state index contributed by atoms with van der Waals surface area (Å²) in [4.78, 5) is 35.3. The molecule has 0 aliphatic rings. The summed E-state index contributed by atoms with van der Waals surface area (Å²) in [6, 6.07) is 7.81. The topological polar surface area (TPSA) is 86.1 Å². The maximum Gasteiger partial charge on any atom is 0.265 e. The van der Waals surface area contributed by atoms with Gasteiger partial charge in [0.15, 0.2) is 5.75 Å². The van der Waals surface area contributed by atoms with Crippen LogP contribution in [0, 0.1) is 6.92 Å². The molecule has 0 saturated heterocycles. The molecule has 4 rings (SSSR count). The molecule has 0 unspecified atom stereocenters. The molecule has 1 N–H and O–H groups in total. The van der Waals surface area contributed by atoms with Crippen LogP contribution in [0.1, 0.15) is 40.8 Å². The van der Waals surface area contributed by atoms with Crippen molar-refractivity contribution in [1.82, 2.24) is 19.9 Å². The first-order chi connectivity index (χ1) is 15.0. The third-order valence-electron chi connectivity index (χ3n) is 5.17. The number of pyridine rings is 1. The summed E-state index contributed by atoms with van der Waals surface area (Å²) >= 11 is 1.28. The Kier molecular flexibility index (Phi) is 5.99. The Morgan fingerprint density at radius 3 is 2.74 bits per heavy atom. The Morgan fingerprint density at radius 2 is 2.03 bits per heavy atom. The van der Waals surface area contributed by atoms with E-state index in [2.05, 4.69) is 22.2 Å². The molecule has 7 nitrogen and oxygen atoms in total. The lowest BCUT2D eigenvalue weighted by Crippen LogP contribution is -2.23. The summed E-state index contributed by atoms with van der Waals surface area (Å²) < 4.78 is 8.15. The van der Waals surface area contributed by atoms with Gasteiger partial charge in [0.25, 0.3) is 11.5 Å². The monoisotopic (exact) mass is 436 g/mol. The number of benzene rings is 1. The van der Waals surface area contributed by atoms with Crippen LogP contribution in [-0.2, 0) is 13.1 Å². The Morgan fingerprint density at radius 1 is 1.23 bits per heavy atom. The number of nitrogens with one attached hydrogen (secondary N) is 1. The number of fused-ring (bicyclic) bond motifs is 3. The van der Waals surface area contributed by atoms with E-state index in [1.54, 1.807) is 17.0 Å². The molecule has 3 heterocycles. The highest BCUT2D eigenvalue weighted by Gasteiger charge is 2.24. The quantitative estimate of drug-likeness (QED) is 0.472. The molecule has 0 radical (unpaired) electrons. The fourth-order valence-corrected chi connectivity index (χ4v) is 4.80. The lowest BCUT2D eigenvalue weighted by molar-refractivity contribution is 0.0952. The number of ether oxygens (including phenoxy) is 1. The normalized spacial score (nSPS) is 11.2. The first-order valence-electron chi connectivity index (χ1n) is 10.2. The van der Waals surface area contributed by atoms with E-state index in [-0.39, 0.29) is 18.0 Å². The summed E-state index contributed by atoms with van der Waals surface area (Å²) in [5, 5.41) is 4.27. The van der Waals surface area contributed by atoms with Gasteiger partial charge in [0, 0.05) is 18.1 Å². The van der Waals surface area contributed by atoms with E-state index < -0.39 is 0 Å². The zero-order valence-corrected chi connectivity index (χ0v) is 18.6. The molecule has 0 fully saturated rings. The van der Waals surface area contributed by atoms with Crippen LogP contribution < -0.4 is 15.6 Å². The first kappa shape index (κ1) is 21.0. The van der Waals surface area contributed by atoms with Crippen LogP contribution >= 0.6 is 11.3 Å². The number of para-hydroxylation sites is 1. The molecule has 3 aromatic heterocycles. The minimum Gasteiger partial charge on any atom is -0.494 e. The van der Waals surface area contributed by atoms with Gasteiger partial charge in [0.2, 0.25) is 0 Å². The summed E-state index contributed by atoms with van der Waals surface area (Å²) in [5.41, 5.74) is 2.22. The average molecular weight is 437 g/mol. The van der Waals surface area contributed by atoms with Crippen molar-refractivity contribution in [3.63, 3.8) is 0 Å². The SMILES string of the molecule is CCCCn1c(=O)c2c(OC)c(C(=O)NCc3cnc(C)cn3)sc2c2ccccc21. The van der Waals surface area contributed by atoms with E-state index >= 15 is 0 Å². The van der Waals surface area contributed by atoms with Crippen LogP contribution in [0.3, 0.4) is 0 Å². The molecule has 0 bridgehead atoms. The number of aryl methyl sites for hydroxylation is 2. The van der Waals surface area contributed by atoms with Crippen LogP contribution in [-0.4, -0.2) is 27.6 Å². The summed E-state index contributed by atoms with van der Waals surface area (Å²) in [5.74, 6) is 0.0255. The number of rotatable bonds is 7. The predicted octanol–water partition coefficient (Wildman–Crippen LogP) is 4.05. The van der Waals surface area contributed by atoms with Crippen molar-refractivity contribution in [2.75, 3.05) is 7.11 Å². The minimum atomic E-state index is -0.302. The smallest absolute Gasteiger partial charge is 0.265 e. The number of carbonyl (C=O) groups excluding carboxylic acids is 1. The molecule has 0 atom stereocenters. The summed E-state index contributed by atoms with van der Waals surface area (Å²) in [6.45, 7) is 4.82. The van der Waals surface area contributed by atoms with Crippen LogP contribution in [0.4, 0.5) is 0 Å². The first-order valence-corrected chi connectivity index (χ1v) is 11.0. The van der Waals surface area contributed by atoms with Gasteiger partial charge in [-0.25, -0.2) is 0 Å². The van der Waals surface area contributed by atoms with Gasteiger partial charge in [-0.1, -0.05) is 31.5 Å². The number of hydrogen-bond acceptors (Lipinski definition) is 6. The fraction of sp³-hybridized carbons (Fsp3) is 0.304. The van der Waals surface area contributed by atoms with Gasteiger partial charge >= 0.3 is 0 Å². The Bertz CT molecular complexity index is 1310. The number of methoxy groups -OCH3 is 1. The van der Waals surface area contributed by atoms with E-state index in [9.17, 15) is 9.59 Å². The van der Waals surface area contributed by atoms with Crippen molar-refractivity contribution in [2.45, 2.75) is 39.8 Å². The van der Waals surface area contributed by atoms with Gasteiger partial charge < -0.3 is 14.6 Å². The highest BCUT2D eigenvalue weighted by molar-refractivity contribution is 7.22. The molecular weight excluding hydrogens is 412 g/mol. The Hall–Kier alpha value is -3.26. The molecule has 160 valence electrons. The molecule has 4 aromatic rings. The van der Waals surface area contributed by atoms with Gasteiger partial charge in [-0.15, -0.1) is 11.3 Å². The average Bonchev–Trinajstić information content (AvgIpc) is 3.19. The van der Waals surface area contributed by atoms with E-state index in [0.717, 1.165) is 34.1 Å². The number of amides is 1. The van der Waals surface area contributed by atoms with Gasteiger partial charge in [0.05, 0.1) is 41.5 Å². The second-order valence-electron chi connectivity index (χ2n) is 7.33. The minimum absolute atomic E-state index is 0.126. The highest BCUT2D eigenvalue weighted by atomic mass is 32.1. The summed E-state index contributed by atoms with van der Waals surface area (Å²) in [7, 11) is 1.49. The lowest BCUT2D eigenvalue weighted by Gasteiger charge is -2.11. The second kappa shape index (κ2) is 8.85. The number of hydrogen-bond donors (Lipinski definition) is 1. The molecular formula is C23H24N4O3S. The number of thiophene rings is 1. The van der Waals surface area contributed by atoms with Gasteiger partial charge in [-0.2, -0.15) is 0 Å². The Balaban J connectivity index is 1.80. The van der Waals surface area contributed by atoms with Crippen molar-refractivity contribution >= 4 is 38.2 Å². The zero-order valence-electron chi connectivity index (χ0n) is 17.8. The van der Waals surface area contributed by atoms with Crippen molar-refractivity contribution in [3.05, 3.63) is 63.3 Å². The second-order valence-corrected chi connectivity index (χ2v) is 8.35. The van der Waals surface area contributed by atoms with Crippen molar-refractivity contribution < 1.29 is 9.53 Å². The maximum absolute atomic E-state index is 13.4. The van der Waals surface area contributed by atoms with Crippen LogP contribution in [0.25, 0.3) is 21.0 Å². The van der Waals surface area contributed by atoms with Crippen molar-refractivity contribution in [2.24, 2.45) is 0 Å². The molecule has 0 spiro atoms. The number of carbonyl (C=O) groups is 1. The lowest BCUT2D eigenvalue weighted by atomic mass is 10.1. The van der Waals surface area contributed by atoms with Crippen LogP contribution in [0.5, 0.6) is 5.75 Å². The molecule has 31 heavy (non-hydrogen) atoms. The van der Waals surface area contributed by atoms with Crippen molar-refractivity contribution in [3.8, 4) is 5.75 Å². The van der Waals surface area contributed by atoms with Crippen molar-refractivity contribution in [1.29, 1.82) is 0 Å². The van der Waals surface area contributed by atoms with E-state index in [4.69, 9.17) is 4.74 Å². The number of unbranched alkanes of at least 4 members (excludes halogenated alkanes) is 1. The van der Waals surface area contributed by atoms with Crippen LogP contribution in [0.15, 0.2) is 41.5 Å². The zero-order chi connectivity index (χ0) is 22.0.